The van der Waals surface area contributed by atoms with Gasteiger partial charge >= 0.3 is 12.1 Å². The van der Waals surface area contributed by atoms with Crippen LogP contribution < -0.4 is 15.4 Å². The highest BCUT2D eigenvalue weighted by molar-refractivity contribution is 6.33. The van der Waals surface area contributed by atoms with Crippen molar-refractivity contribution in [1.82, 2.24) is 0 Å². The number of hydrogen-bond acceptors (Lipinski definition) is 5. The van der Waals surface area contributed by atoms with Gasteiger partial charge in [-0.05, 0) is 55.8 Å². The first-order valence-electron chi connectivity index (χ1n) is 9.93. The van der Waals surface area contributed by atoms with Gasteiger partial charge in [0.25, 0.3) is 5.91 Å². The lowest BCUT2D eigenvalue weighted by Gasteiger charge is -2.12. The van der Waals surface area contributed by atoms with Crippen LogP contribution in [0.3, 0.4) is 0 Å². The van der Waals surface area contributed by atoms with Crippen molar-refractivity contribution in [2.45, 2.75) is 32.4 Å². The molecule has 178 valence electrons. The first-order valence-corrected chi connectivity index (χ1v) is 10.3. The number of amides is 2. The summed E-state index contributed by atoms with van der Waals surface area (Å²) < 4.78 is 48.4. The average molecular weight is 487 g/mol. The maximum atomic E-state index is 12.8. The molecule has 11 heteroatoms. The van der Waals surface area contributed by atoms with Gasteiger partial charge in [-0.15, -0.1) is 0 Å². The molecule has 0 fully saturated rings. The van der Waals surface area contributed by atoms with Crippen LogP contribution in [0.5, 0.6) is 5.75 Å². The van der Waals surface area contributed by atoms with E-state index in [2.05, 4.69) is 10.6 Å². The Morgan fingerprint density at radius 3 is 2.30 bits per heavy atom. The first kappa shape index (κ1) is 26.0. The second-order valence-corrected chi connectivity index (χ2v) is 7.17. The van der Waals surface area contributed by atoms with Gasteiger partial charge in [0, 0.05) is 18.5 Å². The molecule has 0 saturated carbocycles. The predicted octanol–water partition coefficient (Wildman–Crippen LogP) is 5.05. The van der Waals surface area contributed by atoms with Crippen LogP contribution >= 0.6 is 11.6 Å². The number of alkyl halides is 3. The van der Waals surface area contributed by atoms with Crippen LogP contribution in [0.2, 0.25) is 5.02 Å². The molecule has 0 radical (unpaired) electrons. The number of carbonyl (C=O) groups excluding carboxylic acids is 3. The standard InChI is InChI=1S/C22H22ClF3N2O5/c1-2-32-16-9-7-15(8-10-16)27-19(29)4-3-5-21(31)33-13-20(30)28-18-12-14(22(24,25)26)6-11-17(18)23/h6-12H,2-5,13H2,1H3,(H,27,29)(H,28,30). The fourth-order valence-electron chi connectivity index (χ4n) is 2.62. The van der Waals surface area contributed by atoms with E-state index < -0.39 is 30.2 Å². The minimum atomic E-state index is -4.60. The number of benzene rings is 2. The molecule has 2 N–H and O–H groups in total. The number of rotatable bonds is 10. The van der Waals surface area contributed by atoms with Crippen molar-refractivity contribution in [3.8, 4) is 5.75 Å². The van der Waals surface area contributed by atoms with Gasteiger partial charge in [0.05, 0.1) is 22.9 Å². The highest BCUT2D eigenvalue weighted by Gasteiger charge is 2.31. The summed E-state index contributed by atoms with van der Waals surface area (Å²) in [6, 6.07) is 9.28. The predicted molar refractivity (Wildman–Crippen MR) is 116 cm³/mol. The zero-order chi connectivity index (χ0) is 24.4. The van der Waals surface area contributed by atoms with E-state index >= 15 is 0 Å². The van der Waals surface area contributed by atoms with Crippen molar-refractivity contribution in [3.05, 3.63) is 53.1 Å². The van der Waals surface area contributed by atoms with Crippen LogP contribution in [-0.4, -0.2) is 31.0 Å². The van der Waals surface area contributed by atoms with Crippen molar-refractivity contribution in [3.63, 3.8) is 0 Å². The van der Waals surface area contributed by atoms with Gasteiger partial charge in [0.15, 0.2) is 6.61 Å². The Morgan fingerprint density at radius 2 is 1.67 bits per heavy atom. The number of hydrogen-bond donors (Lipinski definition) is 2. The van der Waals surface area contributed by atoms with Crippen LogP contribution in [0.4, 0.5) is 24.5 Å². The van der Waals surface area contributed by atoms with E-state index in [9.17, 15) is 27.6 Å². The van der Waals surface area contributed by atoms with Gasteiger partial charge in [-0.1, -0.05) is 11.6 Å². The lowest BCUT2D eigenvalue weighted by molar-refractivity contribution is -0.147. The van der Waals surface area contributed by atoms with Crippen LogP contribution in [0.1, 0.15) is 31.7 Å². The molecule has 2 rings (SSSR count). The van der Waals surface area contributed by atoms with Crippen LogP contribution in [0.15, 0.2) is 42.5 Å². The van der Waals surface area contributed by atoms with E-state index in [4.69, 9.17) is 21.1 Å². The molecule has 2 aromatic rings. The second-order valence-electron chi connectivity index (χ2n) is 6.76. The molecule has 0 aromatic heterocycles. The largest absolute Gasteiger partial charge is 0.494 e. The Kier molecular flexibility index (Phi) is 9.53. The Labute approximate surface area is 193 Å². The molecule has 33 heavy (non-hydrogen) atoms. The van der Waals surface area contributed by atoms with Crippen molar-refractivity contribution in [1.29, 1.82) is 0 Å². The smallest absolute Gasteiger partial charge is 0.416 e. The third-order valence-electron chi connectivity index (χ3n) is 4.17. The number of ether oxygens (including phenoxy) is 2. The van der Waals surface area contributed by atoms with Gasteiger partial charge in [0.2, 0.25) is 5.91 Å². The van der Waals surface area contributed by atoms with Gasteiger partial charge in [-0.25, -0.2) is 0 Å². The van der Waals surface area contributed by atoms with Crippen LogP contribution in [-0.2, 0) is 25.3 Å². The Bertz CT molecular complexity index is 981. The summed E-state index contributed by atoms with van der Waals surface area (Å²) in [6.07, 6.45) is -4.48. The Morgan fingerprint density at radius 1 is 0.970 bits per heavy atom. The monoisotopic (exact) mass is 486 g/mol. The highest BCUT2D eigenvalue weighted by Crippen LogP contribution is 2.33. The quantitative estimate of drug-likeness (QED) is 0.458. The van der Waals surface area contributed by atoms with E-state index in [-0.39, 0.29) is 35.9 Å². The second kappa shape index (κ2) is 12.1. The van der Waals surface area contributed by atoms with Gasteiger partial charge in [-0.3, -0.25) is 14.4 Å². The van der Waals surface area contributed by atoms with Gasteiger partial charge in [-0.2, -0.15) is 13.2 Å². The zero-order valence-electron chi connectivity index (χ0n) is 17.6. The summed E-state index contributed by atoms with van der Waals surface area (Å²) >= 11 is 5.80. The van der Waals surface area contributed by atoms with Crippen LogP contribution in [0.25, 0.3) is 0 Å². The molecule has 2 aromatic carbocycles. The fourth-order valence-corrected chi connectivity index (χ4v) is 2.78. The molecule has 7 nitrogen and oxygen atoms in total. The first-order chi connectivity index (χ1) is 15.6. The molecule has 2 amide bonds. The maximum Gasteiger partial charge on any atom is 0.416 e. The molecule has 0 spiro atoms. The topological polar surface area (TPSA) is 93.7 Å². The molecule has 0 heterocycles. The summed E-state index contributed by atoms with van der Waals surface area (Å²) in [5, 5.41) is 4.75. The molecule has 0 aliphatic rings. The summed E-state index contributed by atoms with van der Waals surface area (Å²) in [6.45, 7) is 1.69. The van der Waals surface area contributed by atoms with E-state index in [1.807, 2.05) is 6.92 Å². The average Bonchev–Trinajstić information content (AvgIpc) is 2.74. The Hall–Kier alpha value is -3.27. The van der Waals surface area contributed by atoms with Crippen molar-refractivity contribution < 1.29 is 37.0 Å². The minimum absolute atomic E-state index is 0.0500. The molecule has 0 atom stereocenters. The zero-order valence-corrected chi connectivity index (χ0v) is 18.4. The molecular formula is C22H22ClF3N2O5. The number of nitrogens with one attached hydrogen (secondary N) is 2. The van der Waals surface area contributed by atoms with Crippen molar-refractivity contribution in [2.24, 2.45) is 0 Å². The number of esters is 1. The molecule has 0 saturated heterocycles. The molecule has 0 bridgehead atoms. The number of anilines is 2. The molecule has 0 unspecified atom stereocenters. The molecule has 0 aliphatic heterocycles. The SMILES string of the molecule is CCOc1ccc(NC(=O)CCCC(=O)OCC(=O)Nc2cc(C(F)(F)F)ccc2Cl)cc1. The van der Waals surface area contributed by atoms with Gasteiger partial charge < -0.3 is 20.1 Å². The summed E-state index contributed by atoms with van der Waals surface area (Å²) in [4.78, 5) is 35.6. The Balaban J connectivity index is 1.70. The molecule has 0 aliphatic carbocycles. The lowest BCUT2D eigenvalue weighted by atomic mass is 10.2. The van der Waals surface area contributed by atoms with Crippen molar-refractivity contribution >= 4 is 40.8 Å². The third-order valence-corrected chi connectivity index (χ3v) is 4.50. The minimum Gasteiger partial charge on any atom is -0.494 e. The third kappa shape index (κ3) is 9.01. The molecular weight excluding hydrogens is 465 g/mol. The lowest BCUT2D eigenvalue weighted by Crippen LogP contribution is -2.21. The number of carbonyl (C=O) groups is 3. The van der Waals surface area contributed by atoms with E-state index in [0.29, 0.717) is 24.1 Å². The van der Waals surface area contributed by atoms with E-state index in [1.54, 1.807) is 24.3 Å². The number of halogens is 4. The van der Waals surface area contributed by atoms with E-state index in [0.717, 1.165) is 12.1 Å². The maximum absolute atomic E-state index is 12.8. The van der Waals surface area contributed by atoms with Crippen molar-refractivity contribution in [2.75, 3.05) is 23.8 Å². The summed E-state index contributed by atoms with van der Waals surface area (Å²) in [5.74, 6) is -1.20. The van der Waals surface area contributed by atoms with Gasteiger partial charge in [0.1, 0.15) is 5.75 Å². The van der Waals surface area contributed by atoms with E-state index in [1.165, 1.54) is 0 Å². The summed E-state index contributed by atoms with van der Waals surface area (Å²) in [7, 11) is 0. The van der Waals surface area contributed by atoms with Crippen LogP contribution in [0, 0.1) is 0 Å². The fraction of sp³-hybridized carbons (Fsp3) is 0.318. The summed E-state index contributed by atoms with van der Waals surface area (Å²) in [5.41, 5.74) is -0.655. The highest BCUT2D eigenvalue weighted by atomic mass is 35.5. The normalized spacial score (nSPS) is 10.9.